The Bertz CT molecular complexity index is 1020. The van der Waals surface area contributed by atoms with Crippen molar-refractivity contribution in [2.24, 2.45) is 0 Å². The van der Waals surface area contributed by atoms with Crippen LogP contribution in [0.3, 0.4) is 0 Å². The standard InChI is InChI=1S/C34H40P2/c1-2-19-32(36(33-25-14-7-15-26-33)34-27-16-8-17-28-34)24-9-3-4-18-29-35(30-20-10-5-11-21-30)31-22-12-6-13-23-31/h5-8,10-17,20-23,25-28,32H,2-4,9,18-19,24,29H2,1H3. The summed E-state index contributed by atoms with van der Waals surface area (Å²) in [7, 11) is -0.570. The summed E-state index contributed by atoms with van der Waals surface area (Å²) < 4.78 is 0. The second-order valence-corrected chi connectivity index (χ2v) is 14.3. The maximum absolute atomic E-state index is 2.36. The number of unbranched alkanes of at least 4 members (excludes halogenated alkanes) is 3. The van der Waals surface area contributed by atoms with E-state index in [4.69, 9.17) is 0 Å². The molecule has 0 heterocycles. The monoisotopic (exact) mass is 510 g/mol. The topological polar surface area (TPSA) is 0 Å². The van der Waals surface area contributed by atoms with Crippen molar-refractivity contribution in [1.82, 2.24) is 0 Å². The van der Waals surface area contributed by atoms with Gasteiger partial charge >= 0.3 is 0 Å². The number of benzene rings is 4. The molecule has 4 rings (SSSR count). The molecule has 0 nitrogen and oxygen atoms in total. The van der Waals surface area contributed by atoms with Crippen LogP contribution in [-0.4, -0.2) is 11.8 Å². The maximum Gasteiger partial charge on any atom is -0.0129 e. The molecule has 0 aliphatic rings. The Kier molecular flexibility index (Phi) is 11.2. The number of hydrogen-bond donors (Lipinski definition) is 0. The zero-order valence-corrected chi connectivity index (χ0v) is 23.5. The fourth-order valence-corrected chi connectivity index (χ4v) is 10.6. The minimum Gasteiger partial charge on any atom is -0.0654 e. The maximum atomic E-state index is 2.36. The molecular weight excluding hydrogens is 470 g/mol. The second-order valence-electron chi connectivity index (χ2n) is 9.51. The highest BCUT2D eigenvalue weighted by molar-refractivity contribution is 7.73. The van der Waals surface area contributed by atoms with Crippen molar-refractivity contribution in [2.45, 2.75) is 57.5 Å². The van der Waals surface area contributed by atoms with E-state index in [1.165, 1.54) is 72.3 Å². The third-order valence-corrected chi connectivity index (χ3v) is 12.4. The smallest absolute Gasteiger partial charge is 0.0129 e. The van der Waals surface area contributed by atoms with Crippen LogP contribution in [0.1, 0.15) is 51.9 Å². The van der Waals surface area contributed by atoms with Crippen molar-refractivity contribution >= 4 is 37.1 Å². The molecule has 2 heteroatoms. The van der Waals surface area contributed by atoms with E-state index >= 15 is 0 Å². The van der Waals surface area contributed by atoms with Crippen molar-refractivity contribution in [1.29, 1.82) is 0 Å². The largest absolute Gasteiger partial charge is 0.0654 e. The number of rotatable bonds is 14. The lowest BCUT2D eigenvalue weighted by atomic mass is 10.1. The van der Waals surface area contributed by atoms with Crippen molar-refractivity contribution < 1.29 is 0 Å². The predicted octanol–water partition coefficient (Wildman–Crippen LogP) is 8.37. The Morgan fingerprint density at radius 3 is 1.33 bits per heavy atom. The highest BCUT2D eigenvalue weighted by Gasteiger charge is 2.23. The molecule has 0 spiro atoms. The van der Waals surface area contributed by atoms with Crippen molar-refractivity contribution in [2.75, 3.05) is 6.16 Å². The summed E-state index contributed by atoms with van der Waals surface area (Å²) in [5.41, 5.74) is 0.764. The molecule has 0 saturated heterocycles. The number of hydrogen-bond acceptors (Lipinski definition) is 0. The Labute approximate surface area is 221 Å². The average Bonchev–Trinajstić information content (AvgIpc) is 2.95. The van der Waals surface area contributed by atoms with Crippen LogP contribution in [0.5, 0.6) is 0 Å². The molecule has 4 aromatic rings. The molecule has 1 unspecified atom stereocenters. The molecule has 0 N–H and O–H groups in total. The van der Waals surface area contributed by atoms with Crippen LogP contribution in [0, 0.1) is 0 Å². The molecule has 0 saturated carbocycles. The molecule has 0 aromatic heterocycles. The zero-order chi connectivity index (χ0) is 24.8. The predicted molar refractivity (Wildman–Crippen MR) is 165 cm³/mol. The van der Waals surface area contributed by atoms with Gasteiger partial charge in [0.15, 0.2) is 0 Å². The van der Waals surface area contributed by atoms with Gasteiger partial charge in [-0.2, -0.15) is 0 Å². The zero-order valence-electron chi connectivity index (χ0n) is 21.7. The van der Waals surface area contributed by atoms with Crippen LogP contribution in [0.4, 0.5) is 0 Å². The Morgan fingerprint density at radius 1 is 0.472 bits per heavy atom. The molecule has 4 aromatic carbocycles. The van der Waals surface area contributed by atoms with Crippen LogP contribution in [0.15, 0.2) is 121 Å². The summed E-state index contributed by atoms with van der Waals surface area (Å²) in [5, 5.41) is 6.10. The third kappa shape index (κ3) is 7.87. The molecule has 0 fully saturated rings. The lowest BCUT2D eigenvalue weighted by molar-refractivity contribution is 0.593. The molecule has 1 atom stereocenters. The molecule has 0 aliphatic heterocycles. The van der Waals surface area contributed by atoms with Gasteiger partial charge in [0, 0.05) is 0 Å². The van der Waals surface area contributed by atoms with Crippen molar-refractivity contribution in [3.63, 3.8) is 0 Å². The first-order valence-electron chi connectivity index (χ1n) is 13.6. The van der Waals surface area contributed by atoms with Gasteiger partial charge < -0.3 is 0 Å². The van der Waals surface area contributed by atoms with Gasteiger partial charge in [-0.25, -0.2) is 0 Å². The molecule has 0 aliphatic carbocycles. The van der Waals surface area contributed by atoms with Crippen LogP contribution >= 0.6 is 15.8 Å². The Hall–Kier alpha value is -2.26. The summed E-state index contributed by atoms with van der Waals surface area (Å²) in [5.74, 6) is 0. The van der Waals surface area contributed by atoms with Crippen LogP contribution in [0.25, 0.3) is 0 Å². The van der Waals surface area contributed by atoms with E-state index in [0.717, 1.165) is 5.66 Å². The van der Waals surface area contributed by atoms with Gasteiger partial charge in [-0.1, -0.05) is 154 Å². The van der Waals surface area contributed by atoms with Gasteiger partial charge in [0.25, 0.3) is 0 Å². The fourth-order valence-electron chi connectivity index (χ4n) is 5.11. The van der Waals surface area contributed by atoms with E-state index in [1.54, 1.807) is 0 Å². The Balaban J connectivity index is 1.34. The van der Waals surface area contributed by atoms with E-state index in [1.807, 2.05) is 0 Å². The highest BCUT2D eigenvalue weighted by Crippen LogP contribution is 2.44. The fraction of sp³-hybridized carbons (Fsp3) is 0.294. The Morgan fingerprint density at radius 2 is 0.889 bits per heavy atom. The van der Waals surface area contributed by atoms with Gasteiger partial charge in [-0.15, -0.1) is 0 Å². The highest BCUT2D eigenvalue weighted by atomic mass is 31.1. The van der Waals surface area contributed by atoms with E-state index in [9.17, 15) is 0 Å². The van der Waals surface area contributed by atoms with Gasteiger partial charge in [0.05, 0.1) is 0 Å². The molecule has 0 radical (unpaired) electrons. The summed E-state index contributed by atoms with van der Waals surface area (Å²) >= 11 is 0. The first-order chi connectivity index (χ1) is 17.9. The summed E-state index contributed by atoms with van der Waals surface area (Å²) in [6.45, 7) is 2.35. The van der Waals surface area contributed by atoms with Crippen LogP contribution < -0.4 is 21.2 Å². The third-order valence-electron chi connectivity index (χ3n) is 6.86. The summed E-state index contributed by atoms with van der Waals surface area (Å²) in [4.78, 5) is 0. The van der Waals surface area contributed by atoms with E-state index < -0.39 is 0 Å². The quantitative estimate of drug-likeness (QED) is 0.118. The lowest BCUT2D eigenvalue weighted by Crippen LogP contribution is -2.22. The van der Waals surface area contributed by atoms with Crippen LogP contribution in [0.2, 0.25) is 0 Å². The van der Waals surface area contributed by atoms with E-state index in [2.05, 4.69) is 128 Å². The normalized spacial score (nSPS) is 12.2. The van der Waals surface area contributed by atoms with Crippen molar-refractivity contribution in [3.05, 3.63) is 121 Å². The van der Waals surface area contributed by atoms with Crippen LogP contribution in [-0.2, 0) is 0 Å². The first kappa shape index (κ1) is 26.8. The second kappa shape index (κ2) is 15.1. The molecule has 186 valence electrons. The minimum absolute atomic E-state index is 0.258. The average molecular weight is 511 g/mol. The minimum atomic E-state index is -0.312. The van der Waals surface area contributed by atoms with Gasteiger partial charge in [-0.05, 0) is 68.1 Å². The van der Waals surface area contributed by atoms with Gasteiger partial charge in [0.2, 0.25) is 0 Å². The SMILES string of the molecule is CCCC(CCCCCCP(c1ccccc1)c1ccccc1)P(c1ccccc1)c1ccccc1. The van der Waals surface area contributed by atoms with E-state index in [0.29, 0.717) is 0 Å². The molecule has 0 amide bonds. The molecule has 0 bridgehead atoms. The summed E-state index contributed by atoms with van der Waals surface area (Å²) in [6.07, 6.45) is 10.6. The van der Waals surface area contributed by atoms with Gasteiger partial charge in [0.1, 0.15) is 0 Å². The van der Waals surface area contributed by atoms with E-state index in [-0.39, 0.29) is 15.8 Å². The van der Waals surface area contributed by atoms with Gasteiger partial charge in [-0.3, -0.25) is 0 Å². The molecular formula is C34H40P2. The molecule has 36 heavy (non-hydrogen) atoms. The summed E-state index contributed by atoms with van der Waals surface area (Å²) in [6, 6.07) is 44.9. The lowest BCUT2D eigenvalue weighted by Gasteiger charge is -2.29. The van der Waals surface area contributed by atoms with Crippen molar-refractivity contribution in [3.8, 4) is 0 Å². The first-order valence-corrected chi connectivity index (χ1v) is 16.6.